The van der Waals surface area contributed by atoms with Gasteiger partial charge in [-0.2, -0.15) is 0 Å². The second kappa shape index (κ2) is 4.97. The standard InChI is InChI=1S/C19H20O7/c1-18-7-13(9-2-3-24-8-9)26-16(21)11(18)6-15(20)19(23)12-4-10(5-14(18)19)25-17(12)22/h2-3,8,10-14,23H,4-7H2,1H3/t10-,11-,12-,13-,14-,18+,19+/m0/s1. The van der Waals surface area contributed by atoms with Gasteiger partial charge >= 0.3 is 11.9 Å². The minimum absolute atomic E-state index is 0.102. The number of hydrogen-bond donors (Lipinski definition) is 1. The van der Waals surface area contributed by atoms with Gasteiger partial charge in [-0.3, -0.25) is 14.4 Å². The van der Waals surface area contributed by atoms with Crippen LogP contribution in [0, 0.1) is 23.2 Å². The van der Waals surface area contributed by atoms with Crippen LogP contribution in [-0.2, 0) is 23.9 Å². The highest BCUT2D eigenvalue weighted by molar-refractivity contribution is 5.97. The number of Topliss-reactive ketones (excluding diaryl/α,β-unsaturated/α-hetero) is 1. The molecule has 0 aromatic carbocycles. The largest absolute Gasteiger partial charge is 0.472 e. The molecule has 2 aliphatic heterocycles. The van der Waals surface area contributed by atoms with Crippen LogP contribution < -0.4 is 0 Å². The molecule has 1 aromatic heterocycles. The second-order valence-corrected chi connectivity index (χ2v) is 8.33. The molecular weight excluding hydrogens is 340 g/mol. The number of furan rings is 1. The SMILES string of the molecule is C[C@@]12C[C@@H](c3ccoc3)OC(=O)[C@@H]1CC(=O)[C@@]1(O)[C@H]3C[C@@H](C[C@@H]21)OC3=O. The van der Waals surface area contributed by atoms with Crippen molar-refractivity contribution in [1.29, 1.82) is 0 Å². The normalized spacial score (nSPS) is 47.0. The molecule has 138 valence electrons. The molecule has 1 aromatic rings. The lowest BCUT2D eigenvalue weighted by atomic mass is 9.47. The van der Waals surface area contributed by atoms with Crippen molar-refractivity contribution >= 4 is 17.7 Å². The van der Waals surface area contributed by atoms with Gasteiger partial charge in [-0.25, -0.2) is 0 Å². The van der Waals surface area contributed by atoms with Crippen molar-refractivity contribution < 1.29 is 33.4 Å². The van der Waals surface area contributed by atoms with Gasteiger partial charge in [0.1, 0.15) is 17.8 Å². The third kappa shape index (κ3) is 1.84. The number of esters is 2. The zero-order valence-electron chi connectivity index (χ0n) is 14.3. The number of cyclic esters (lactones) is 1. The first-order valence-corrected chi connectivity index (χ1v) is 9.03. The Morgan fingerprint density at radius 2 is 1.88 bits per heavy atom. The van der Waals surface area contributed by atoms with Crippen LogP contribution in [0.15, 0.2) is 23.0 Å². The molecule has 1 N–H and O–H groups in total. The van der Waals surface area contributed by atoms with E-state index in [1.807, 2.05) is 6.92 Å². The second-order valence-electron chi connectivity index (χ2n) is 8.33. The maximum absolute atomic E-state index is 12.9. The molecule has 4 aliphatic rings. The summed E-state index contributed by atoms with van der Waals surface area (Å²) in [5, 5.41) is 11.4. The van der Waals surface area contributed by atoms with Crippen molar-refractivity contribution in [2.24, 2.45) is 23.2 Å². The van der Waals surface area contributed by atoms with Gasteiger partial charge in [-0.15, -0.1) is 0 Å². The Morgan fingerprint density at radius 3 is 2.62 bits per heavy atom. The predicted molar refractivity (Wildman–Crippen MR) is 84.4 cm³/mol. The minimum atomic E-state index is -1.76. The van der Waals surface area contributed by atoms with Gasteiger partial charge in [-0.1, -0.05) is 6.92 Å². The quantitative estimate of drug-likeness (QED) is 0.758. The van der Waals surface area contributed by atoms with E-state index in [1.165, 1.54) is 6.26 Å². The molecule has 2 aliphatic carbocycles. The van der Waals surface area contributed by atoms with Crippen LogP contribution in [0.1, 0.15) is 44.3 Å². The van der Waals surface area contributed by atoms with Gasteiger partial charge in [0, 0.05) is 24.3 Å². The van der Waals surface area contributed by atoms with Crippen LogP contribution in [0.3, 0.4) is 0 Å². The van der Waals surface area contributed by atoms with Gasteiger partial charge in [0.25, 0.3) is 0 Å². The Balaban J connectivity index is 1.59. The maximum atomic E-state index is 12.9. The molecule has 7 atom stereocenters. The molecule has 0 amide bonds. The predicted octanol–water partition coefficient (Wildman–Crippen LogP) is 1.55. The Hall–Kier alpha value is -2.15. The zero-order valence-corrected chi connectivity index (χ0v) is 14.3. The van der Waals surface area contributed by atoms with Crippen molar-refractivity contribution in [1.82, 2.24) is 0 Å². The van der Waals surface area contributed by atoms with Crippen LogP contribution in [0.2, 0.25) is 0 Å². The van der Waals surface area contributed by atoms with Crippen LogP contribution in [0.5, 0.6) is 0 Å². The summed E-state index contributed by atoms with van der Waals surface area (Å²) in [7, 11) is 0. The van der Waals surface area contributed by atoms with Crippen molar-refractivity contribution in [3.63, 3.8) is 0 Å². The average Bonchev–Trinajstić information content (AvgIpc) is 3.22. The fourth-order valence-electron chi connectivity index (χ4n) is 5.77. The molecule has 26 heavy (non-hydrogen) atoms. The molecule has 2 saturated carbocycles. The summed E-state index contributed by atoms with van der Waals surface area (Å²) >= 11 is 0. The van der Waals surface area contributed by atoms with E-state index in [0.717, 1.165) is 5.56 Å². The number of aliphatic hydroxyl groups is 1. The molecule has 5 rings (SSSR count). The van der Waals surface area contributed by atoms with E-state index in [9.17, 15) is 19.5 Å². The van der Waals surface area contributed by atoms with Gasteiger partial charge in [-0.05, 0) is 24.3 Å². The van der Waals surface area contributed by atoms with Crippen LogP contribution in [0.25, 0.3) is 0 Å². The van der Waals surface area contributed by atoms with Crippen LogP contribution >= 0.6 is 0 Å². The number of ketones is 1. The first-order chi connectivity index (χ1) is 12.3. The molecule has 2 bridgehead atoms. The molecule has 4 fully saturated rings. The molecular formula is C19H20O7. The molecule has 7 nitrogen and oxygen atoms in total. The van der Waals surface area contributed by atoms with Gasteiger partial charge < -0.3 is 19.0 Å². The fraction of sp³-hybridized carbons (Fsp3) is 0.632. The summed E-state index contributed by atoms with van der Waals surface area (Å²) in [5.74, 6) is -3.33. The van der Waals surface area contributed by atoms with Crippen molar-refractivity contribution in [3.8, 4) is 0 Å². The summed E-state index contributed by atoms with van der Waals surface area (Å²) in [4.78, 5) is 37.8. The minimum Gasteiger partial charge on any atom is -0.472 e. The lowest BCUT2D eigenvalue weighted by molar-refractivity contribution is -0.215. The first kappa shape index (κ1) is 16.1. The highest BCUT2D eigenvalue weighted by Gasteiger charge is 2.71. The zero-order chi connectivity index (χ0) is 18.3. The summed E-state index contributed by atoms with van der Waals surface area (Å²) in [6, 6.07) is 1.75. The summed E-state index contributed by atoms with van der Waals surface area (Å²) in [5.41, 5.74) is -1.66. The number of rotatable bonds is 1. The van der Waals surface area contributed by atoms with E-state index in [2.05, 4.69) is 0 Å². The summed E-state index contributed by atoms with van der Waals surface area (Å²) < 4.78 is 16.1. The van der Waals surface area contributed by atoms with Gasteiger partial charge in [0.05, 0.1) is 24.4 Å². The highest BCUT2D eigenvalue weighted by Crippen LogP contribution is 2.62. The van der Waals surface area contributed by atoms with E-state index in [0.29, 0.717) is 19.3 Å². The van der Waals surface area contributed by atoms with E-state index in [4.69, 9.17) is 13.9 Å². The third-order valence-electron chi connectivity index (χ3n) is 7.14. The Labute approximate surface area is 149 Å². The number of ether oxygens (including phenoxy) is 2. The maximum Gasteiger partial charge on any atom is 0.312 e. The average molecular weight is 360 g/mol. The Bertz CT molecular complexity index is 799. The van der Waals surface area contributed by atoms with Crippen molar-refractivity contribution in [3.05, 3.63) is 24.2 Å². The monoisotopic (exact) mass is 360 g/mol. The molecule has 0 radical (unpaired) electrons. The molecule has 0 spiro atoms. The number of fused-ring (bicyclic) bond motifs is 6. The molecule has 3 heterocycles. The fourth-order valence-corrected chi connectivity index (χ4v) is 5.77. The smallest absolute Gasteiger partial charge is 0.312 e. The Kier molecular flexibility index (Phi) is 3.07. The topological polar surface area (TPSA) is 103 Å². The van der Waals surface area contributed by atoms with E-state index >= 15 is 0 Å². The van der Waals surface area contributed by atoms with Gasteiger partial charge in [0.2, 0.25) is 0 Å². The lowest BCUT2D eigenvalue weighted by Gasteiger charge is -2.58. The first-order valence-electron chi connectivity index (χ1n) is 9.03. The summed E-state index contributed by atoms with van der Waals surface area (Å²) in [6.45, 7) is 1.93. The highest BCUT2D eigenvalue weighted by atomic mass is 16.6. The number of carbonyl (C=O) groups is 3. The van der Waals surface area contributed by atoms with Crippen molar-refractivity contribution in [2.75, 3.05) is 0 Å². The third-order valence-corrected chi connectivity index (χ3v) is 7.14. The molecule has 2 saturated heterocycles. The lowest BCUT2D eigenvalue weighted by Crippen LogP contribution is -2.67. The summed E-state index contributed by atoms with van der Waals surface area (Å²) in [6.07, 6.45) is 3.40. The van der Waals surface area contributed by atoms with Crippen LogP contribution in [-0.4, -0.2) is 34.5 Å². The van der Waals surface area contributed by atoms with Crippen LogP contribution in [0.4, 0.5) is 0 Å². The number of hydrogen-bond acceptors (Lipinski definition) is 7. The van der Waals surface area contributed by atoms with E-state index < -0.39 is 52.6 Å². The Morgan fingerprint density at radius 1 is 1.12 bits per heavy atom. The van der Waals surface area contributed by atoms with Gasteiger partial charge in [0.15, 0.2) is 5.78 Å². The number of carbonyl (C=O) groups excluding carboxylic acids is 3. The molecule has 7 heteroatoms. The van der Waals surface area contributed by atoms with E-state index in [-0.39, 0.29) is 12.5 Å². The van der Waals surface area contributed by atoms with E-state index in [1.54, 1.807) is 12.3 Å². The molecule has 0 unspecified atom stereocenters. The van der Waals surface area contributed by atoms with Crippen molar-refractivity contribution in [2.45, 2.75) is 50.4 Å².